The van der Waals surface area contributed by atoms with E-state index in [9.17, 15) is 4.79 Å². The highest BCUT2D eigenvalue weighted by Gasteiger charge is 2.09. The van der Waals surface area contributed by atoms with Gasteiger partial charge in [0, 0.05) is 12.3 Å². The van der Waals surface area contributed by atoms with Crippen LogP contribution in [0.4, 0.5) is 0 Å². The van der Waals surface area contributed by atoms with Crippen LogP contribution in [0.3, 0.4) is 0 Å². The summed E-state index contributed by atoms with van der Waals surface area (Å²) < 4.78 is 5.46. The summed E-state index contributed by atoms with van der Waals surface area (Å²) in [6.45, 7) is 1.92. The maximum absolute atomic E-state index is 10.7. The van der Waals surface area contributed by atoms with Crippen molar-refractivity contribution >= 4 is 17.6 Å². The van der Waals surface area contributed by atoms with Crippen LogP contribution in [0.5, 0.6) is 11.6 Å². The monoisotopic (exact) mass is 263 g/mol. The van der Waals surface area contributed by atoms with Crippen molar-refractivity contribution in [1.29, 1.82) is 0 Å². The summed E-state index contributed by atoms with van der Waals surface area (Å²) in [5, 5.41) is 9.04. The third-order valence-corrected chi connectivity index (χ3v) is 2.57. The van der Waals surface area contributed by atoms with E-state index in [1.807, 2.05) is 13.0 Å². The van der Waals surface area contributed by atoms with Crippen LogP contribution in [0.15, 0.2) is 36.5 Å². The smallest absolute Gasteiger partial charge is 0.335 e. The molecule has 18 heavy (non-hydrogen) atoms. The van der Waals surface area contributed by atoms with Gasteiger partial charge in [-0.05, 0) is 30.7 Å². The number of halogens is 1. The summed E-state index contributed by atoms with van der Waals surface area (Å²) in [6.07, 6.45) is 1.68. The van der Waals surface area contributed by atoms with Crippen LogP contribution >= 0.6 is 11.6 Å². The van der Waals surface area contributed by atoms with Crippen LogP contribution in [0.25, 0.3) is 0 Å². The van der Waals surface area contributed by atoms with Gasteiger partial charge in [-0.3, -0.25) is 0 Å². The highest BCUT2D eigenvalue weighted by Crippen LogP contribution is 2.29. The number of benzene rings is 1. The summed E-state index contributed by atoms with van der Waals surface area (Å²) in [7, 11) is 0. The summed E-state index contributed by atoms with van der Waals surface area (Å²) in [5.41, 5.74) is 1.14. The van der Waals surface area contributed by atoms with Crippen LogP contribution in [-0.4, -0.2) is 16.1 Å². The summed E-state index contributed by atoms with van der Waals surface area (Å²) >= 11 is 5.94. The Balaban J connectivity index is 2.24. The van der Waals surface area contributed by atoms with Crippen LogP contribution in [0.1, 0.15) is 15.9 Å². The normalized spacial score (nSPS) is 10.1. The lowest BCUT2D eigenvalue weighted by Crippen LogP contribution is -1.96. The number of hydrogen-bond donors (Lipinski definition) is 1. The van der Waals surface area contributed by atoms with Crippen molar-refractivity contribution in [3.63, 3.8) is 0 Å². The van der Waals surface area contributed by atoms with Crippen molar-refractivity contribution in [2.45, 2.75) is 6.92 Å². The Labute approximate surface area is 109 Å². The Morgan fingerprint density at radius 1 is 1.33 bits per heavy atom. The van der Waals surface area contributed by atoms with Gasteiger partial charge in [0.15, 0.2) is 0 Å². The van der Waals surface area contributed by atoms with Gasteiger partial charge in [0.05, 0.1) is 10.6 Å². The lowest BCUT2D eigenvalue weighted by Gasteiger charge is -2.07. The average Bonchev–Trinajstić information content (AvgIpc) is 2.34. The molecule has 0 fully saturated rings. The topological polar surface area (TPSA) is 59.4 Å². The molecule has 0 saturated heterocycles. The first-order chi connectivity index (χ1) is 8.56. The van der Waals surface area contributed by atoms with E-state index in [2.05, 4.69) is 4.98 Å². The average molecular weight is 264 g/mol. The fraction of sp³-hybridized carbons (Fsp3) is 0.0769. The molecule has 0 radical (unpaired) electrons. The molecule has 0 bridgehead atoms. The molecular weight excluding hydrogens is 254 g/mol. The molecular formula is C13H10ClNO3. The second-order valence-electron chi connectivity index (χ2n) is 3.73. The predicted octanol–water partition coefficient (Wildman–Crippen LogP) is 3.53. The van der Waals surface area contributed by atoms with Gasteiger partial charge < -0.3 is 9.84 Å². The molecule has 0 amide bonds. The van der Waals surface area contributed by atoms with Crippen LogP contribution in [0.2, 0.25) is 5.02 Å². The van der Waals surface area contributed by atoms with Gasteiger partial charge in [-0.15, -0.1) is 0 Å². The number of ether oxygens (including phenoxy) is 1. The zero-order chi connectivity index (χ0) is 13.1. The highest BCUT2D eigenvalue weighted by molar-refractivity contribution is 6.32. The predicted molar refractivity (Wildman–Crippen MR) is 67.5 cm³/mol. The molecule has 1 aromatic carbocycles. The standard InChI is InChI=1S/C13H10ClNO3/c1-8-2-5-12(15-7-8)18-11-4-3-9(13(16)17)6-10(11)14/h2-7H,1H3,(H,16,17). The maximum atomic E-state index is 10.7. The lowest BCUT2D eigenvalue weighted by atomic mass is 10.2. The van der Waals surface area contributed by atoms with E-state index in [0.29, 0.717) is 11.6 Å². The Bertz CT molecular complexity index is 581. The molecule has 1 N–H and O–H groups in total. The number of hydrogen-bond acceptors (Lipinski definition) is 3. The fourth-order valence-corrected chi connectivity index (χ4v) is 1.56. The Kier molecular flexibility index (Phi) is 3.48. The van der Waals surface area contributed by atoms with Crippen LogP contribution in [0, 0.1) is 6.92 Å². The largest absolute Gasteiger partial charge is 0.478 e. The molecule has 0 aliphatic carbocycles. The van der Waals surface area contributed by atoms with E-state index in [0.717, 1.165) is 5.56 Å². The number of carboxylic acid groups (broad SMARTS) is 1. The quantitative estimate of drug-likeness (QED) is 0.920. The fourth-order valence-electron chi connectivity index (χ4n) is 1.34. The minimum Gasteiger partial charge on any atom is -0.478 e. The first kappa shape index (κ1) is 12.4. The number of aromatic carboxylic acids is 1. The minimum atomic E-state index is -1.03. The first-order valence-corrected chi connectivity index (χ1v) is 5.57. The van der Waals surface area contributed by atoms with Gasteiger partial charge in [-0.25, -0.2) is 9.78 Å². The maximum Gasteiger partial charge on any atom is 0.335 e. The van der Waals surface area contributed by atoms with Crippen molar-refractivity contribution < 1.29 is 14.6 Å². The SMILES string of the molecule is Cc1ccc(Oc2ccc(C(=O)O)cc2Cl)nc1. The van der Waals surface area contributed by atoms with Crippen molar-refractivity contribution in [1.82, 2.24) is 4.98 Å². The zero-order valence-corrected chi connectivity index (χ0v) is 10.3. The molecule has 5 heteroatoms. The molecule has 1 aromatic heterocycles. The number of pyridine rings is 1. The molecule has 0 aliphatic rings. The number of rotatable bonds is 3. The first-order valence-electron chi connectivity index (χ1n) is 5.19. The summed E-state index contributed by atoms with van der Waals surface area (Å²) in [5.74, 6) is -0.250. The Morgan fingerprint density at radius 3 is 2.67 bits per heavy atom. The number of aryl methyl sites for hydroxylation is 1. The van der Waals surface area contributed by atoms with Gasteiger partial charge in [0.1, 0.15) is 5.75 Å². The third-order valence-electron chi connectivity index (χ3n) is 2.28. The molecule has 0 spiro atoms. The van der Waals surface area contributed by atoms with E-state index in [1.165, 1.54) is 18.2 Å². The van der Waals surface area contributed by atoms with E-state index in [4.69, 9.17) is 21.4 Å². The molecule has 4 nitrogen and oxygen atoms in total. The minimum absolute atomic E-state index is 0.115. The van der Waals surface area contributed by atoms with Crippen molar-refractivity contribution in [3.05, 3.63) is 52.7 Å². The van der Waals surface area contributed by atoms with E-state index < -0.39 is 5.97 Å². The van der Waals surface area contributed by atoms with E-state index in [-0.39, 0.29) is 10.6 Å². The van der Waals surface area contributed by atoms with Gasteiger partial charge in [-0.1, -0.05) is 17.7 Å². The summed E-state index contributed by atoms with van der Waals surface area (Å²) in [4.78, 5) is 14.8. The number of carbonyl (C=O) groups is 1. The number of carboxylic acids is 1. The van der Waals surface area contributed by atoms with E-state index >= 15 is 0 Å². The second kappa shape index (κ2) is 5.06. The Morgan fingerprint density at radius 2 is 2.11 bits per heavy atom. The number of aromatic nitrogens is 1. The van der Waals surface area contributed by atoms with Gasteiger partial charge >= 0.3 is 5.97 Å². The van der Waals surface area contributed by atoms with Crippen molar-refractivity contribution in [2.75, 3.05) is 0 Å². The molecule has 0 aliphatic heterocycles. The number of nitrogens with zero attached hydrogens (tertiary/aromatic N) is 1. The molecule has 92 valence electrons. The Hall–Kier alpha value is -2.07. The van der Waals surface area contributed by atoms with Gasteiger partial charge in [0.25, 0.3) is 0 Å². The van der Waals surface area contributed by atoms with Gasteiger partial charge in [0.2, 0.25) is 5.88 Å². The molecule has 0 unspecified atom stereocenters. The third kappa shape index (κ3) is 2.78. The zero-order valence-electron chi connectivity index (χ0n) is 9.55. The molecule has 2 rings (SSSR count). The summed E-state index contributed by atoms with van der Waals surface area (Å²) in [6, 6.07) is 7.86. The molecule has 0 atom stereocenters. The molecule has 0 saturated carbocycles. The highest BCUT2D eigenvalue weighted by atomic mass is 35.5. The van der Waals surface area contributed by atoms with Crippen LogP contribution in [-0.2, 0) is 0 Å². The van der Waals surface area contributed by atoms with E-state index in [1.54, 1.807) is 12.3 Å². The molecule has 1 heterocycles. The van der Waals surface area contributed by atoms with Gasteiger partial charge in [-0.2, -0.15) is 0 Å². The second-order valence-corrected chi connectivity index (χ2v) is 4.13. The van der Waals surface area contributed by atoms with Crippen molar-refractivity contribution in [3.8, 4) is 11.6 Å². The molecule has 2 aromatic rings. The van der Waals surface area contributed by atoms with Crippen LogP contribution < -0.4 is 4.74 Å². The lowest BCUT2D eigenvalue weighted by molar-refractivity contribution is 0.0697. The van der Waals surface area contributed by atoms with Crippen molar-refractivity contribution in [2.24, 2.45) is 0 Å².